The number of thioether (sulfide) groups is 1. The van der Waals surface area contributed by atoms with Gasteiger partial charge in [-0.1, -0.05) is 27.7 Å². The van der Waals surface area contributed by atoms with Crippen LogP contribution < -0.4 is 0 Å². The summed E-state index contributed by atoms with van der Waals surface area (Å²) in [4.78, 5) is 0. The van der Waals surface area contributed by atoms with Crippen molar-refractivity contribution < 1.29 is 9.84 Å². The molecule has 0 radical (unpaired) electrons. The van der Waals surface area contributed by atoms with Crippen LogP contribution in [0.3, 0.4) is 0 Å². The molecule has 1 saturated heterocycles. The first kappa shape index (κ1) is 12.3. The minimum Gasteiger partial charge on any atom is -0.394 e. The van der Waals surface area contributed by atoms with Gasteiger partial charge in [-0.15, -0.1) is 11.8 Å². The first-order valence-corrected chi connectivity index (χ1v) is 6.54. The van der Waals surface area contributed by atoms with E-state index in [0.29, 0.717) is 17.8 Å². The zero-order chi connectivity index (χ0) is 10.7. The van der Waals surface area contributed by atoms with Gasteiger partial charge in [-0.25, -0.2) is 0 Å². The highest BCUT2D eigenvalue weighted by Gasteiger charge is 2.38. The van der Waals surface area contributed by atoms with E-state index in [0.717, 1.165) is 5.75 Å². The molecule has 5 atom stereocenters. The second kappa shape index (κ2) is 5.38. The van der Waals surface area contributed by atoms with Crippen LogP contribution in [0, 0.1) is 17.8 Å². The van der Waals surface area contributed by atoms with Crippen molar-refractivity contribution in [2.75, 3.05) is 12.4 Å². The number of ether oxygens (including phenoxy) is 1. The van der Waals surface area contributed by atoms with Gasteiger partial charge in [0.25, 0.3) is 0 Å². The fraction of sp³-hybridized carbons (Fsp3) is 1.00. The topological polar surface area (TPSA) is 29.5 Å². The summed E-state index contributed by atoms with van der Waals surface area (Å²) in [5.41, 5.74) is 0.267. The molecule has 84 valence electrons. The van der Waals surface area contributed by atoms with Crippen molar-refractivity contribution >= 4 is 11.8 Å². The van der Waals surface area contributed by atoms with E-state index in [1.807, 2.05) is 11.8 Å². The summed E-state index contributed by atoms with van der Waals surface area (Å²) in [7, 11) is 0. The molecule has 0 aliphatic carbocycles. The van der Waals surface area contributed by atoms with E-state index in [-0.39, 0.29) is 18.1 Å². The van der Waals surface area contributed by atoms with Crippen molar-refractivity contribution in [1.29, 1.82) is 0 Å². The van der Waals surface area contributed by atoms with E-state index in [2.05, 4.69) is 27.7 Å². The van der Waals surface area contributed by atoms with Crippen LogP contribution in [0.15, 0.2) is 0 Å². The van der Waals surface area contributed by atoms with Crippen molar-refractivity contribution in [3.63, 3.8) is 0 Å². The van der Waals surface area contributed by atoms with Gasteiger partial charge in [-0.3, -0.25) is 0 Å². The lowest BCUT2D eigenvalue weighted by atomic mass is 9.80. The number of aliphatic hydroxyl groups excluding tert-OH is 1. The molecule has 0 aromatic heterocycles. The van der Waals surface area contributed by atoms with E-state index in [4.69, 9.17) is 4.74 Å². The van der Waals surface area contributed by atoms with E-state index >= 15 is 0 Å². The first-order chi connectivity index (χ1) is 6.61. The number of hydrogen-bond acceptors (Lipinski definition) is 3. The monoisotopic (exact) mass is 218 g/mol. The predicted molar refractivity (Wildman–Crippen MR) is 61.4 cm³/mol. The molecule has 1 aliphatic heterocycles. The summed E-state index contributed by atoms with van der Waals surface area (Å²) in [6.07, 6.45) is 0.0326. The fourth-order valence-electron chi connectivity index (χ4n) is 2.05. The van der Waals surface area contributed by atoms with Gasteiger partial charge >= 0.3 is 0 Å². The molecular weight excluding hydrogens is 196 g/mol. The molecule has 1 heterocycles. The zero-order valence-corrected chi connectivity index (χ0v) is 10.4. The molecule has 14 heavy (non-hydrogen) atoms. The van der Waals surface area contributed by atoms with Crippen molar-refractivity contribution in [2.45, 2.75) is 39.2 Å². The molecule has 0 spiro atoms. The molecule has 0 saturated carbocycles. The number of aliphatic hydroxyl groups is 1. The Morgan fingerprint density at radius 2 is 1.79 bits per heavy atom. The Hall–Kier alpha value is 0.270. The smallest absolute Gasteiger partial charge is 0.106 e. The summed E-state index contributed by atoms with van der Waals surface area (Å²) in [6.45, 7) is 9.00. The maximum atomic E-state index is 9.22. The third-order valence-electron chi connectivity index (χ3n) is 3.49. The Labute approximate surface area is 91.4 Å². The third-order valence-corrected chi connectivity index (χ3v) is 4.70. The summed E-state index contributed by atoms with van der Waals surface area (Å²) < 4.78 is 5.88. The van der Waals surface area contributed by atoms with Crippen molar-refractivity contribution in [1.82, 2.24) is 0 Å². The van der Waals surface area contributed by atoms with Gasteiger partial charge in [-0.2, -0.15) is 0 Å². The SMILES string of the molecule is CCS[C@H]1OC(CO)[C@@H](C)[C@H](C)C1C. The quantitative estimate of drug-likeness (QED) is 0.788. The molecule has 1 fully saturated rings. The highest BCUT2D eigenvalue weighted by molar-refractivity contribution is 7.99. The van der Waals surface area contributed by atoms with Crippen LogP contribution in [0.4, 0.5) is 0 Å². The Morgan fingerprint density at radius 1 is 1.14 bits per heavy atom. The summed E-state index contributed by atoms with van der Waals surface area (Å²) in [5, 5.41) is 9.22. The Kier molecular flexibility index (Phi) is 4.74. The lowest BCUT2D eigenvalue weighted by molar-refractivity contribution is -0.112. The number of rotatable bonds is 3. The molecule has 3 heteroatoms. The molecule has 0 amide bonds. The lowest BCUT2D eigenvalue weighted by Gasteiger charge is -2.42. The molecule has 1 aliphatic rings. The van der Waals surface area contributed by atoms with E-state index in [1.165, 1.54) is 0 Å². The second-order valence-corrected chi connectivity index (χ2v) is 5.63. The lowest BCUT2D eigenvalue weighted by Crippen LogP contribution is -2.44. The van der Waals surface area contributed by atoms with Gasteiger partial charge in [0.1, 0.15) is 5.44 Å². The van der Waals surface area contributed by atoms with Crippen molar-refractivity contribution in [3.05, 3.63) is 0 Å². The highest BCUT2D eigenvalue weighted by atomic mass is 32.2. The van der Waals surface area contributed by atoms with E-state index in [1.54, 1.807) is 0 Å². The Bertz CT molecular complexity index is 171. The van der Waals surface area contributed by atoms with Gasteiger partial charge in [0.2, 0.25) is 0 Å². The second-order valence-electron chi connectivity index (χ2n) is 4.26. The molecule has 0 aromatic carbocycles. The number of hydrogen-bond donors (Lipinski definition) is 1. The maximum absolute atomic E-state index is 9.22. The van der Waals surface area contributed by atoms with Gasteiger partial charge in [-0.05, 0) is 23.5 Å². The summed E-state index contributed by atoms with van der Waals surface area (Å²) >= 11 is 1.85. The molecule has 0 bridgehead atoms. The molecule has 0 aromatic rings. The molecule has 2 nitrogen and oxygen atoms in total. The summed E-state index contributed by atoms with van der Waals surface area (Å²) in [5.74, 6) is 2.75. The molecule has 1 N–H and O–H groups in total. The predicted octanol–water partition coefficient (Wildman–Crippen LogP) is 2.37. The standard InChI is InChI=1S/C11H22O2S/c1-5-14-11-9(4)7(2)8(3)10(6-12)13-11/h7-12H,5-6H2,1-4H3/t7-,8-,9?,10?,11+/m0/s1. The van der Waals surface area contributed by atoms with Gasteiger partial charge in [0.05, 0.1) is 12.7 Å². The normalized spacial score (nSPS) is 43.9. The largest absolute Gasteiger partial charge is 0.394 e. The Balaban J connectivity index is 2.63. The average molecular weight is 218 g/mol. The van der Waals surface area contributed by atoms with Crippen LogP contribution in [0.1, 0.15) is 27.7 Å². The van der Waals surface area contributed by atoms with Crippen molar-refractivity contribution in [3.8, 4) is 0 Å². The Morgan fingerprint density at radius 3 is 2.29 bits per heavy atom. The minimum absolute atomic E-state index is 0.0326. The average Bonchev–Trinajstić information content (AvgIpc) is 2.19. The van der Waals surface area contributed by atoms with Crippen molar-refractivity contribution in [2.24, 2.45) is 17.8 Å². The van der Waals surface area contributed by atoms with Crippen LogP contribution in [0.2, 0.25) is 0 Å². The van der Waals surface area contributed by atoms with Crippen LogP contribution in [-0.2, 0) is 4.74 Å². The van der Waals surface area contributed by atoms with Gasteiger partial charge in [0, 0.05) is 0 Å². The van der Waals surface area contributed by atoms with Gasteiger partial charge < -0.3 is 9.84 Å². The van der Waals surface area contributed by atoms with Crippen LogP contribution in [0.25, 0.3) is 0 Å². The van der Waals surface area contributed by atoms with Crippen LogP contribution in [-0.4, -0.2) is 29.0 Å². The minimum atomic E-state index is 0.0326. The first-order valence-electron chi connectivity index (χ1n) is 5.49. The van der Waals surface area contributed by atoms with E-state index in [9.17, 15) is 5.11 Å². The fourth-order valence-corrected chi connectivity index (χ4v) is 3.15. The maximum Gasteiger partial charge on any atom is 0.106 e. The molecule has 1 rings (SSSR count). The zero-order valence-electron chi connectivity index (χ0n) is 9.56. The van der Waals surface area contributed by atoms with Gasteiger partial charge in [0.15, 0.2) is 0 Å². The van der Waals surface area contributed by atoms with Crippen LogP contribution >= 0.6 is 11.8 Å². The molecule has 2 unspecified atom stereocenters. The molecular formula is C11H22O2S. The van der Waals surface area contributed by atoms with E-state index < -0.39 is 0 Å². The van der Waals surface area contributed by atoms with Crippen LogP contribution in [0.5, 0.6) is 0 Å². The third kappa shape index (κ3) is 2.44. The summed E-state index contributed by atoms with van der Waals surface area (Å²) in [6, 6.07) is 0. The highest BCUT2D eigenvalue weighted by Crippen LogP contribution is 2.38.